The molecule has 1 aromatic rings. The molecule has 1 aliphatic heterocycles. The summed E-state index contributed by atoms with van der Waals surface area (Å²) in [5.41, 5.74) is 2.67. The van der Waals surface area contributed by atoms with E-state index in [2.05, 4.69) is 30.2 Å². The lowest BCUT2D eigenvalue weighted by atomic mass is 9.60. The maximum absolute atomic E-state index is 11.4. The van der Waals surface area contributed by atoms with Gasteiger partial charge in [0.15, 0.2) is 11.5 Å². The molecule has 0 amide bonds. The first-order chi connectivity index (χ1) is 11.5. The second kappa shape index (κ2) is 4.42. The van der Waals surface area contributed by atoms with Crippen LogP contribution in [-0.4, -0.2) is 35.6 Å². The summed E-state index contributed by atoms with van der Waals surface area (Å²) in [5.74, 6) is 0.570. The van der Waals surface area contributed by atoms with Gasteiger partial charge in [-0.3, -0.25) is 4.79 Å². The van der Waals surface area contributed by atoms with Crippen LogP contribution >= 0.6 is 0 Å². The van der Waals surface area contributed by atoms with Crippen LogP contribution in [0.3, 0.4) is 0 Å². The van der Waals surface area contributed by atoms with Gasteiger partial charge >= 0.3 is 5.97 Å². The van der Waals surface area contributed by atoms with Gasteiger partial charge in [-0.1, -0.05) is 18.2 Å². The van der Waals surface area contributed by atoms with Gasteiger partial charge in [-0.2, -0.15) is 0 Å². The highest BCUT2D eigenvalue weighted by Gasteiger charge is 2.70. The van der Waals surface area contributed by atoms with Gasteiger partial charge in [0.1, 0.15) is 0 Å². The van der Waals surface area contributed by atoms with Gasteiger partial charge in [-0.15, -0.1) is 0 Å². The van der Waals surface area contributed by atoms with E-state index in [1.807, 2.05) is 0 Å². The monoisotopic (exact) mass is 325 g/mol. The summed E-state index contributed by atoms with van der Waals surface area (Å²) >= 11 is 0. The predicted octanol–water partition coefficient (Wildman–Crippen LogP) is 2.78. The number of carbonyl (C=O) groups excluding carboxylic acids is 1. The molecule has 126 valence electrons. The van der Waals surface area contributed by atoms with Crippen molar-refractivity contribution in [3.8, 4) is 11.5 Å². The quantitative estimate of drug-likeness (QED) is 0.490. The van der Waals surface area contributed by atoms with Crippen molar-refractivity contribution in [3.05, 3.63) is 35.4 Å². The molecule has 2 spiro atoms. The minimum Gasteiger partial charge on any atom is -0.504 e. The van der Waals surface area contributed by atoms with E-state index < -0.39 is 0 Å². The zero-order chi connectivity index (χ0) is 16.7. The Morgan fingerprint density at radius 1 is 1.42 bits per heavy atom. The van der Waals surface area contributed by atoms with Gasteiger partial charge in [0, 0.05) is 41.8 Å². The number of carbonyl (C=O) groups is 1. The third kappa shape index (κ3) is 1.55. The van der Waals surface area contributed by atoms with Crippen molar-refractivity contribution < 1.29 is 14.6 Å². The second-order valence-electron chi connectivity index (χ2n) is 8.26. The summed E-state index contributed by atoms with van der Waals surface area (Å²) in [6, 6.07) is 4.41. The Morgan fingerprint density at radius 2 is 2.25 bits per heavy atom. The molecule has 24 heavy (non-hydrogen) atoms. The molecule has 4 aliphatic rings. The molecule has 0 aromatic heterocycles. The first-order valence-electron chi connectivity index (χ1n) is 8.88. The predicted molar refractivity (Wildman–Crippen MR) is 90.1 cm³/mol. The Kier molecular flexibility index (Phi) is 2.68. The largest absolute Gasteiger partial charge is 0.504 e. The molecule has 1 heterocycles. The van der Waals surface area contributed by atoms with Crippen LogP contribution in [-0.2, 0) is 16.6 Å². The number of benzene rings is 1. The third-order valence-corrected chi connectivity index (χ3v) is 6.93. The lowest BCUT2D eigenvalue weighted by molar-refractivity contribution is -0.132. The number of aromatic hydroxyl groups is 1. The highest BCUT2D eigenvalue weighted by molar-refractivity contribution is 5.71. The average molecular weight is 325 g/mol. The van der Waals surface area contributed by atoms with E-state index in [-0.39, 0.29) is 17.1 Å². The van der Waals surface area contributed by atoms with Crippen molar-refractivity contribution in [2.45, 2.75) is 44.1 Å². The molecule has 1 saturated carbocycles. The minimum atomic E-state index is -0.388. The lowest BCUT2D eigenvalue weighted by Gasteiger charge is -2.54. The molecule has 1 N–H and O–H groups in total. The van der Waals surface area contributed by atoms with Gasteiger partial charge in [0.2, 0.25) is 0 Å². The first-order valence-corrected chi connectivity index (χ1v) is 8.88. The molecule has 4 heteroatoms. The smallest absolute Gasteiger partial charge is 0.308 e. The van der Waals surface area contributed by atoms with E-state index in [0.29, 0.717) is 23.1 Å². The normalized spacial score (nSPS) is 38.8. The molecular weight excluding hydrogens is 302 g/mol. The standard InChI is InChI=1S/C20H23NO3/c1-12(22)24-15-7-6-13-9-19-10-20(16(13)17(15)23)8-4-3-5-14(20)18(19)21(2)11-19/h3,5-7,14,18,23H,4,8-11H2,1-2H3. The number of ether oxygens (including phenoxy) is 1. The zero-order valence-corrected chi connectivity index (χ0v) is 14.2. The van der Waals surface area contributed by atoms with Gasteiger partial charge in [0.05, 0.1) is 0 Å². The van der Waals surface area contributed by atoms with Crippen molar-refractivity contribution >= 4 is 5.97 Å². The number of fused-ring (bicyclic) bond motifs is 2. The molecule has 2 bridgehead atoms. The number of hydrogen-bond donors (Lipinski definition) is 1. The Morgan fingerprint density at radius 3 is 3.00 bits per heavy atom. The Labute approximate surface area is 142 Å². The van der Waals surface area contributed by atoms with Crippen LogP contribution in [0.4, 0.5) is 0 Å². The maximum Gasteiger partial charge on any atom is 0.308 e. The van der Waals surface area contributed by atoms with Gasteiger partial charge in [-0.05, 0) is 44.4 Å². The molecule has 3 aliphatic carbocycles. The number of hydrogen-bond acceptors (Lipinski definition) is 4. The van der Waals surface area contributed by atoms with E-state index in [9.17, 15) is 9.90 Å². The molecule has 2 fully saturated rings. The number of likely N-dealkylation sites (tertiary alicyclic amines) is 1. The van der Waals surface area contributed by atoms with Gasteiger partial charge < -0.3 is 14.7 Å². The lowest BCUT2D eigenvalue weighted by Crippen LogP contribution is -2.62. The Balaban J connectivity index is 1.72. The number of phenolic OH excluding ortho intramolecular Hbond substituents is 1. The maximum atomic E-state index is 11.4. The molecule has 4 nitrogen and oxygen atoms in total. The fraction of sp³-hybridized carbons (Fsp3) is 0.550. The molecule has 5 rings (SSSR count). The van der Waals surface area contributed by atoms with Crippen molar-refractivity contribution in [2.24, 2.45) is 11.3 Å². The average Bonchev–Trinajstić information content (AvgIpc) is 2.69. The van der Waals surface area contributed by atoms with Crippen LogP contribution in [0.5, 0.6) is 11.5 Å². The van der Waals surface area contributed by atoms with Crippen molar-refractivity contribution in [2.75, 3.05) is 13.6 Å². The highest BCUT2D eigenvalue weighted by Crippen LogP contribution is 2.70. The molecule has 0 radical (unpaired) electrons. The van der Waals surface area contributed by atoms with Crippen LogP contribution < -0.4 is 4.74 Å². The summed E-state index contributed by atoms with van der Waals surface area (Å²) in [6.45, 7) is 2.53. The van der Waals surface area contributed by atoms with Gasteiger partial charge in [-0.25, -0.2) is 0 Å². The number of nitrogens with zero attached hydrogens (tertiary/aromatic N) is 1. The summed E-state index contributed by atoms with van der Waals surface area (Å²) < 4.78 is 5.27. The summed E-state index contributed by atoms with van der Waals surface area (Å²) in [5, 5.41) is 11.0. The molecule has 1 saturated heterocycles. The van der Waals surface area contributed by atoms with Crippen molar-refractivity contribution in [1.82, 2.24) is 4.90 Å². The zero-order valence-electron chi connectivity index (χ0n) is 14.2. The molecule has 4 atom stereocenters. The Hall–Kier alpha value is -1.81. The topological polar surface area (TPSA) is 49.8 Å². The van der Waals surface area contributed by atoms with E-state index in [1.165, 1.54) is 12.5 Å². The summed E-state index contributed by atoms with van der Waals surface area (Å²) in [4.78, 5) is 13.9. The summed E-state index contributed by atoms with van der Waals surface area (Å²) in [7, 11) is 2.22. The first kappa shape index (κ1) is 14.5. The SMILES string of the molecule is CC(=O)Oc1ccc2c(c1O)C13CCC=CC1C1N(C)CC1(C2)C3. The van der Waals surface area contributed by atoms with Crippen molar-refractivity contribution in [1.29, 1.82) is 0 Å². The van der Waals surface area contributed by atoms with Gasteiger partial charge in [0.25, 0.3) is 0 Å². The summed E-state index contributed by atoms with van der Waals surface area (Å²) in [6.07, 6.45) is 9.00. The van der Waals surface area contributed by atoms with Crippen LogP contribution in [0, 0.1) is 11.3 Å². The highest BCUT2D eigenvalue weighted by atomic mass is 16.5. The van der Waals surface area contributed by atoms with E-state index in [4.69, 9.17) is 4.74 Å². The van der Waals surface area contributed by atoms with E-state index >= 15 is 0 Å². The number of rotatable bonds is 1. The van der Waals surface area contributed by atoms with Crippen LogP contribution in [0.2, 0.25) is 0 Å². The second-order valence-corrected chi connectivity index (χ2v) is 8.26. The fourth-order valence-corrected chi connectivity index (χ4v) is 6.57. The minimum absolute atomic E-state index is 0.00198. The van der Waals surface area contributed by atoms with Crippen molar-refractivity contribution in [3.63, 3.8) is 0 Å². The van der Waals surface area contributed by atoms with Crippen LogP contribution in [0.15, 0.2) is 24.3 Å². The molecule has 1 aromatic carbocycles. The number of allylic oxidation sites excluding steroid dienone is 1. The Bertz CT molecular complexity index is 785. The van der Waals surface area contributed by atoms with Crippen LogP contribution in [0.1, 0.15) is 37.3 Å². The van der Waals surface area contributed by atoms with E-state index in [1.54, 1.807) is 6.07 Å². The van der Waals surface area contributed by atoms with Crippen LogP contribution in [0.25, 0.3) is 0 Å². The fourth-order valence-electron chi connectivity index (χ4n) is 6.57. The van der Waals surface area contributed by atoms with E-state index in [0.717, 1.165) is 37.8 Å². The number of esters is 1. The number of phenols is 1. The third-order valence-electron chi connectivity index (χ3n) is 6.93. The molecular formula is C20H23NO3. The molecule has 4 unspecified atom stereocenters.